The van der Waals surface area contributed by atoms with Crippen molar-refractivity contribution in [2.45, 2.75) is 12.8 Å². The molecule has 1 heterocycles. The number of carbonyl (C=O) groups excluding carboxylic acids is 1. The quantitative estimate of drug-likeness (QED) is 0.906. The first-order chi connectivity index (χ1) is 9.81. The predicted molar refractivity (Wildman–Crippen MR) is 75.8 cm³/mol. The Morgan fingerprint density at radius 2 is 2.00 bits per heavy atom. The second-order valence-electron chi connectivity index (χ2n) is 4.97. The summed E-state index contributed by atoms with van der Waals surface area (Å²) in [4.78, 5) is 15.9. The molecule has 0 radical (unpaired) electrons. The van der Waals surface area contributed by atoms with Crippen LogP contribution in [0.1, 0.15) is 23.2 Å². The van der Waals surface area contributed by atoms with Gasteiger partial charge >= 0.3 is 0 Å². The van der Waals surface area contributed by atoms with Gasteiger partial charge in [0.05, 0.1) is 0 Å². The zero-order valence-electron chi connectivity index (χ0n) is 11.1. The van der Waals surface area contributed by atoms with Crippen molar-refractivity contribution >= 4 is 5.91 Å². The van der Waals surface area contributed by atoms with E-state index >= 15 is 0 Å². The van der Waals surface area contributed by atoms with Crippen LogP contribution in [0.4, 0.5) is 0 Å². The molecule has 0 saturated heterocycles. The Kier molecular flexibility index (Phi) is 3.63. The van der Waals surface area contributed by atoms with Gasteiger partial charge in [0.25, 0.3) is 5.91 Å². The van der Waals surface area contributed by atoms with Gasteiger partial charge in [0.1, 0.15) is 11.5 Å². The minimum Gasteiger partial charge on any atom is -0.457 e. The molecule has 1 N–H and O–H groups in total. The highest BCUT2D eigenvalue weighted by atomic mass is 16.5. The van der Waals surface area contributed by atoms with Crippen LogP contribution in [0.25, 0.3) is 0 Å². The van der Waals surface area contributed by atoms with Crippen molar-refractivity contribution in [1.82, 2.24) is 10.3 Å². The molecule has 102 valence electrons. The van der Waals surface area contributed by atoms with Crippen LogP contribution in [0.5, 0.6) is 11.5 Å². The van der Waals surface area contributed by atoms with Gasteiger partial charge in [0.15, 0.2) is 0 Å². The van der Waals surface area contributed by atoms with Gasteiger partial charge in [-0.05, 0) is 49.1 Å². The van der Waals surface area contributed by atoms with Crippen molar-refractivity contribution in [3.05, 3.63) is 54.4 Å². The fourth-order valence-electron chi connectivity index (χ4n) is 1.90. The van der Waals surface area contributed by atoms with E-state index in [1.165, 1.54) is 12.8 Å². The van der Waals surface area contributed by atoms with Gasteiger partial charge in [-0.25, -0.2) is 0 Å². The van der Waals surface area contributed by atoms with Crippen molar-refractivity contribution in [1.29, 1.82) is 0 Å². The van der Waals surface area contributed by atoms with Crippen LogP contribution in [0.15, 0.2) is 48.8 Å². The first kappa shape index (κ1) is 12.7. The number of carbonyl (C=O) groups is 1. The van der Waals surface area contributed by atoms with Gasteiger partial charge in [-0.3, -0.25) is 9.78 Å². The summed E-state index contributed by atoms with van der Waals surface area (Å²) in [6.07, 6.45) is 5.79. The first-order valence-corrected chi connectivity index (χ1v) is 6.77. The molecule has 1 saturated carbocycles. The van der Waals surface area contributed by atoms with E-state index in [2.05, 4.69) is 10.3 Å². The molecule has 0 atom stereocenters. The highest BCUT2D eigenvalue weighted by molar-refractivity contribution is 5.94. The van der Waals surface area contributed by atoms with E-state index in [1.54, 1.807) is 36.7 Å². The van der Waals surface area contributed by atoms with E-state index in [0.29, 0.717) is 23.0 Å². The van der Waals surface area contributed by atoms with Crippen LogP contribution < -0.4 is 10.1 Å². The SMILES string of the molecule is O=C(NCC1CC1)c1cccc(Oc2ccncc2)c1. The smallest absolute Gasteiger partial charge is 0.251 e. The minimum atomic E-state index is -0.0444. The molecule has 4 nitrogen and oxygen atoms in total. The van der Waals surface area contributed by atoms with Gasteiger partial charge in [0.2, 0.25) is 0 Å². The number of hydrogen-bond acceptors (Lipinski definition) is 3. The predicted octanol–water partition coefficient (Wildman–Crippen LogP) is 3.01. The lowest BCUT2D eigenvalue weighted by Crippen LogP contribution is -2.25. The summed E-state index contributed by atoms with van der Waals surface area (Å²) in [5.41, 5.74) is 0.622. The molecule has 2 aromatic rings. The number of amides is 1. The molecule has 1 aromatic heterocycles. The molecule has 20 heavy (non-hydrogen) atoms. The van der Waals surface area contributed by atoms with Crippen molar-refractivity contribution in [3.8, 4) is 11.5 Å². The summed E-state index contributed by atoms with van der Waals surface area (Å²) >= 11 is 0. The molecule has 0 aliphatic heterocycles. The normalized spacial score (nSPS) is 13.8. The Morgan fingerprint density at radius 1 is 1.20 bits per heavy atom. The number of nitrogens with one attached hydrogen (secondary N) is 1. The molecule has 0 unspecified atom stereocenters. The second kappa shape index (κ2) is 5.74. The van der Waals surface area contributed by atoms with Crippen LogP contribution in [0.2, 0.25) is 0 Å². The molecule has 1 aliphatic rings. The highest BCUT2D eigenvalue weighted by Gasteiger charge is 2.21. The molecule has 3 rings (SSSR count). The largest absolute Gasteiger partial charge is 0.457 e. The third kappa shape index (κ3) is 3.35. The van der Waals surface area contributed by atoms with Gasteiger partial charge in [-0.1, -0.05) is 6.07 Å². The number of nitrogens with zero attached hydrogens (tertiary/aromatic N) is 1. The minimum absolute atomic E-state index is 0.0444. The monoisotopic (exact) mass is 268 g/mol. The number of hydrogen-bond donors (Lipinski definition) is 1. The number of ether oxygens (including phenoxy) is 1. The lowest BCUT2D eigenvalue weighted by molar-refractivity contribution is 0.0951. The van der Waals surface area contributed by atoms with E-state index in [4.69, 9.17) is 4.74 Å². The van der Waals surface area contributed by atoms with Gasteiger partial charge in [0, 0.05) is 24.5 Å². The summed E-state index contributed by atoms with van der Waals surface area (Å²) in [7, 11) is 0. The van der Waals surface area contributed by atoms with Crippen LogP contribution in [0.3, 0.4) is 0 Å². The molecular weight excluding hydrogens is 252 g/mol. The number of aromatic nitrogens is 1. The van der Waals surface area contributed by atoms with Crippen molar-refractivity contribution in [2.24, 2.45) is 5.92 Å². The van der Waals surface area contributed by atoms with E-state index in [-0.39, 0.29) is 5.91 Å². The molecule has 4 heteroatoms. The number of pyridine rings is 1. The van der Waals surface area contributed by atoms with Crippen molar-refractivity contribution < 1.29 is 9.53 Å². The molecular formula is C16H16N2O2. The Morgan fingerprint density at radius 3 is 2.75 bits per heavy atom. The standard InChI is InChI=1S/C16H16N2O2/c19-16(18-11-12-4-5-12)13-2-1-3-15(10-13)20-14-6-8-17-9-7-14/h1-3,6-10,12H,4-5,11H2,(H,18,19). The molecule has 1 amide bonds. The van der Waals surface area contributed by atoms with Crippen LogP contribution >= 0.6 is 0 Å². The lowest BCUT2D eigenvalue weighted by atomic mass is 10.2. The molecule has 1 aliphatic carbocycles. The first-order valence-electron chi connectivity index (χ1n) is 6.77. The Labute approximate surface area is 117 Å². The van der Waals surface area contributed by atoms with E-state index in [9.17, 15) is 4.79 Å². The number of rotatable bonds is 5. The second-order valence-corrected chi connectivity index (χ2v) is 4.97. The van der Waals surface area contributed by atoms with Gasteiger partial charge < -0.3 is 10.1 Å². The third-order valence-corrected chi connectivity index (χ3v) is 3.23. The lowest BCUT2D eigenvalue weighted by Gasteiger charge is -2.08. The fourth-order valence-corrected chi connectivity index (χ4v) is 1.90. The fraction of sp³-hybridized carbons (Fsp3) is 0.250. The Hall–Kier alpha value is -2.36. The summed E-state index contributed by atoms with van der Waals surface area (Å²) in [6, 6.07) is 10.8. The van der Waals surface area contributed by atoms with Crippen LogP contribution in [-0.4, -0.2) is 17.4 Å². The van der Waals surface area contributed by atoms with E-state index < -0.39 is 0 Å². The topological polar surface area (TPSA) is 51.2 Å². The summed E-state index contributed by atoms with van der Waals surface area (Å²) < 4.78 is 5.69. The Bertz CT molecular complexity index is 594. The van der Waals surface area contributed by atoms with Crippen molar-refractivity contribution in [2.75, 3.05) is 6.54 Å². The van der Waals surface area contributed by atoms with Crippen molar-refractivity contribution in [3.63, 3.8) is 0 Å². The Balaban J connectivity index is 1.67. The molecule has 0 spiro atoms. The highest BCUT2D eigenvalue weighted by Crippen LogP contribution is 2.27. The van der Waals surface area contributed by atoms with Crippen LogP contribution in [0, 0.1) is 5.92 Å². The summed E-state index contributed by atoms with van der Waals surface area (Å²) in [6.45, 7) is 0.772. The maximum absolute atomic E-state index is 12.0. The maximum atomic E-state index is 12.0. The maximum Gasteiger partial charge on any atom is 0.251 e. The van der Waals surface area contributed by atoms with Gasteiger partial charge in [-0.2, -0.15) is 0 Å². The number of benzene rings is 1. The summed E-state index contributed by atoms with van der Waals surface area (Å²) in [5, 5.41) is 2.95. The zero-order valence-corrected chi connectivity index (χ0v) is 11.1. The average Bonchev–Trinajstić information content (AvgIpc) is 3.30. The van der Waals surface area contributed by atoms with Gasteiger partial charge in [-0.15, -0.1) is 0 Å². The molecule has 1 fully saturated rings. The molecule has 0 bridgehead atoms. The zero-order chi connectivity index (χ0) is 13.8. The third-order valence-electron chi connectivity index (χ3n) is 3.23. The molecule has 1 aromatic carbocycles. The summed E-state index contributed by atoms with van der Waals surface area (Å²) in [5.74, 6) is 1.98. The van der Waals surface area contributed by atoms with E-state index in [0.717, 1.165) is 6.54 Å². The van der Waals surface area contributed by atoms with E-state index in [1.807, 2.05) is 12.1 Å². The van der Waals surface area contributed by atoms with Crippen LogP contribution in [-0.2, 0) is 0 Å². The average molecular weight is 268 g/mol.